The third kappa shape index (κ3) is 9.29. The molecule has 5 heteroatoms. The van der Waals surface area contributed by atoms with Crippen molar-refractivity contribution in [2.75, 3.05) is 73.5 Å². The maximum atomic E-state index is 3.52. The van der Waals surface area contributed by atoms with Gasteiger partial charge in [-0.15, -0.1) is 0 Å². The van der Waals surface area contributed by atoms with Gasteiger partial charge in [0, 0.05) is 26.2 Å². The molecule has 0 saturated carbocycles. The summed E-state index contributed by atoms with van der Waals surface area (Å²) in [4.78, 5) is 7.32. The quantitative estimate of drug-likeness (QED) is 0.644. The smallest absolute Gasteiger partial charge is 0.315 e. The molecular weight excluding hydrogens is 271 g/mol. The van der Waals surface area contributed by atoms with Gasteiger partial charge in [-0.1, -0.05) is 0 Å². The van der Waals surface area contributed by atoms with Crippen LogP contribution in [0.3, 0.4) is 0 Å². The van der Waals surface area contributed by atoms with Crippen LogP contribution >= 0.6 is 0 Å². The van der Waals surface area contributed by atoms with Crippen LogP contribution < -0.4 is 5.32 Å². The summed E-state index contributed by atoms with van der Waals surface area (Å²) in [6.45, 7) is 9.44. The maximum absolute atomic E-state index is 3.52. The number of nitrogens with one attached hydrogen (secondary N) is 1. The molecule has 0 aromatic heterocycles. The summed E-state index contributed by atoms with van der Waals surface area (Å²) in [5.74, 6) is 0. The molecule has 0 aliphatic carbocycles. The Bertz CT molecular complexity index is 192. The van der Waals surface area contributed by atoms with Crippen LogP contribution in [-0.4, -0.2) is 88.2 Å². The molecular formula is C13H30N4Ni+2. The average Bonchev–Trinajstić information content (AvgIpc) is 2.30. The van der Waals surface area contributed by atoms with Crippen molar-refractivity contribution in [1.82, 2.24) is 20.0 Å². The summed E-state index contributed by atoms with van der Waals surface area (Å²) in [6, 6.07) is 0. The number of nitrogens with zero attached hydrogens (tertiary/aromatic N) is 3. The molecule has 18 heavy (non-hydrogen) atoms. The van der Waals surface area contributed by atoms with Crippen molar-refractivity contribution >= 4 is 0 Å². The van der Waals surface area contributed by atoms with Crippen LogP contribution in [0.1, 0.15) is 12.8 Å². The number of hydrogen-bond donors (Lipinski definition) is 1. The molecule has 0 amide bonds. The molecule has 0 aromatic carbocycles. The molecule has 110 valence electrons. The average molecular weight is 301 g/mol. The van der Waals surface area contributed by atoms with Gasteiger partial charge in [-0.25, -0.2) is 0 Å². The fourth-order valence-corrected chi connectivity index (χ4v) is 2.16. The second kappa shape index (κ2) is 11.2. The van der Waals surface area contributed by atoms with Crippen molar-refractivity contribution in [3.05, 3.63) is 0 Å². The van der Waals surface area contributed by atoms with Gasteiger partial charge in [0.25, 0.3) is 0 Å². The number of hydrogen-bond acceptors (Lipinski definition) is 4. The van der Waals surface area contributed by atoms with Crippen LogP contribution in [0, 0.1) is 0 Å². The Hall–Kier alpha value is 0.334. The van der Waals surface area contributed by atoms with Crippen molar-refractivity contribution in [3.8, 4) is 0 Å². The van der Waals surface area contributed by atoms with E-state index in [0.717, 1.165) is 13.1 Å². The van der Waals surface area contributed by atoms with Gasteiger partial charge in [-0.05, 0) is 60.2 Å². The molecule has 0 spiro atoms. The second-order valence-electron chi connectivity index (χ2n) is 5.37. The van der Waals surface area contributed by atoms with E-state index in [1.54, 1.807) is 0 Å². The largest absolute Gasteiger partial charge is 2.00 e. The van der Waals surface area contributed by atoms with Crippen molar-refractivity contribution in [3.63, 3.8) is 0 Å². The van der Waals surface area contributed by atoms with Gasteiger partial charge >= 0.3 is 16.5 Å². The third-order valence-corrected chi connectivity index (χ3v) is 3.51. The molecule has 1 rings (SSSR count). The van der Waals surface area contributed by atoms with E-state index in [0.29, 0.717) is 0 Å². The van der Waals surface area contributed by atoms with Crippen LogP contribution in [0.4, 0.5) is 0 Å². The minimum atomic E-state index is 0. The molecule has 4 nitrogen and oxygen atoms in total. The van der Waals surface area contributed by atoms with E-state index in [1.807, 2.05) is 0 Å². The molecule has 1 aliphatic heterocycles. The summed E-state index contributed by atoms with van der Waals surface area (Å²) in [6.07, 6.45) is 2.53. The normalized spacial score (nSPS) is 24.2. The van der Waals surface area contributed by atoms with E-state index in [-0.39, 0.29) is 16.5 Å². The Morgan fingerprint density at radius 2 is 1.11 bits per heavy atom. The number of likely N-dealkylation sites (N-methyl/N-ethyl adjacent to an activating group) is 3. The summed E-state index contributed by atoms with van der Waals surface area (Å²) in [5.41, 5.74) is 0. The molecule has 0 bridgehead atoms. The molecule has 1 fully saturated rings. The Balaban J connectivity index is 0.00000289. The maximum Gasteiger partial charge on any atom is 2.00 e. The van der Waals surface area contributed by atoms with Gasteiger partial charge in [0.2, 0.25) is 0 Å². The van der Waals surface area contributed by atoms with E-state index in [1.165, 1.54) is 52.1 Å². The first-order valence-electron chi connectivity index (χ1n) is 6.95. The predicted molar refractivity (Wildman–Crippen MR) is 74.6 cm³/mol. The van der Waals surface area contributed by atoms with E-state index in [2.05, 4.69) is 41.2 Å². The van der Waals surface area contributed by atoms with E-state index in [9.17, 15) is 0 Å². The minimum Gasteiger partial charge on any atom is -0.315 e. The van der Waals surface area contributed by atoms with E-state index < -0.39 is 0 Å². The fraction of sp³-hybridized carbons (Fsp3) is 1.00. The van der Waals surface area contributed by atoms with Crippen LogP contribution in [-0.2, 0) is 16.5 Å². The van der Waals surface area contributed by atoms with Gasteiger partial charge < -0.3 is 20.0 Å². The minimum absolute atomic E-state index is 0. The monoisotopic (exact) mass is 300 g/mol. The van der Waals surface area contributed by atoms with Crippen LogP contribution in [0.5, 0.6) is 0 Å². The zero-order chi connectivity index (χ0) is 12.5. The fourth-order valence-electron chi connectivity index (χ4n) is 2.16. The van der Waals surface area contributed by atoms with Crippen molar-refractivity contribution in [2.24, 2.45) is 0 Å². The first kappa shape index (κ1) is 18.3. The third-order valence-electron chi connectivity index (χ3n) is 3.51. The van der Waals surface area contributed by atoms with Crippen molar-refractivity contribution in [1.29, 1.82) is 0 Å². The summed E-state index contributed by atoms with van der Waals surface area (Å²) < 4.78 is 0. The molecule has 0 atom stereocenters. The van der Waals surface area contributed by atoms with Gasteiger partial charge in [0.05, 0.1) is 0 Å². The molecule has 0 aromatic rings. The topological polar surface area (TPSA) is 21.8 Å². The van der Waals surface area contributed by atoms with Crippen LogP contribution in [0.2, 0.25) is 0 Å². The molecule has 0 radical (unpaired) electrons. The van der Waals surface area contributed by atoms with Crippen molar-refractivity contribution < 1.29 is 16.5 Å². The molecule has 1 saturated heterocycles. The van der Waals surface area contributed by atoms with E-state index >= 15 is 0 Å². The Kier molecular flexibility index (Phi) is 11.4. The van der Waals surface area contributed by atoms with Gasteiger partial charge in [-0.2, -0.15) is 0 Å². The zero-order valence-corrected chi connectivity index (χ0v) is 13.2. The number of rotatable bonds is 0. The van der Waals surface area contributed by atoms with Crippen LogP contribution in [0.25, 0.3) is 0 Å². The standard InChI is InChI=1S/C13H30N4.Ni/c1-15-9-5-10-17(3)13-12-16(2)8-4-6-14-7-11-15;/h14H,4-13H2,1-3H3;/q;+2. The summed E-state index contributed by atoms with van der Waals surface area (Å²) in [5, 5.41) is 3.52. The van der Waals surface area contributed by atoms with Gasteiger partial charge in [0.15, 0.2) is 0 Å². The Labute approximate surface area is 123 Å². The van der Waals surface area contributed by atoms with Gasteiger partial charge in [-0.3, -0.25) is 0 Å². The molecule has 1 N–H and O–H groups in total. The second-order valence-corrected chi connectivity index (χ2v) is 5.37. The van der Waals surface area contributed by atoms with E-state index in [4.69, 9.17) is 0 Å². The first-order valence-corrected chi connectivity index (χ1v) is 6.95. The summed E-state index contributed by atoms with van der Waals surface area (Å²) >= 11 is 0. The first-order chi connectivity index (χ1) is 8.18. The van der Waals surface area contributed by atoms with Gasteiger partial charge in [0.1, 0.15) is 0 Å². The Morgan fingerprint density at radius 1 is 0.611 bits per heavy atom. The SMILES string of the molecule is CN1CCCN(C)CCN(C)CCCNCC1.[Ni+2]. The molecule has 1 aliphatic rings. The zero-order valence-electron chi connectivity index (χ0n) is 12.2. The summed E-state index contributed by atoms with van der Waals surface area (Å²) in [7, 11) is 6.69. The molecule has 0 unspecified atom stereocenters. The predicted octanol–water partition coefficient (Wildman–Crippen LogP) is 0.163. The van der Waals surface area contributed by atoms with Crippen molar-refractivity contribution in [2.45, 2.75) is 12.8 Å². The Morgan fingerprint density at radius 3 is 1.72 bits per heavy atom. The molecule has 1 heterocycles. The van der Waals surface area contributed by atoms with Crippen LogP contribution in [0.15, 0.2) is 0 Å².